The van der Waals surface area contributed by atoms with E-state index in [0.29, 0.717) is 12.2 Å². The van der Waals surface area contributed by atoms with Crippen LogP contribution in [0.5, 0.6) is 0 Å². The van der Waals surface area contributed by atoms with E-state index in [1.807, 2.05) is 0 Å². The molecule has 0 N–H and O–H groups in total. The first kappa shape index (κ1) is 20.7. The lowest BCUT2D eigenvalue weighted by molar-refractivity contribution is -0.325. The van der Waals surface area contributed by atoms with Gasteiger partial charge in [-0.15, -0.1) is 0 Å². The van der Waals surface area contributed by atoms with Crippen LogP contribution in [0.3, 0.4) is 0 Å². The van der Waals surface area contributed by atoms with E-state index in [2.05, 4.69) is 36.8 Å². The molecule has 0 amide bonds. The lowest BCUT2D eigenvalue weighted by Gasteiger charge is -2.36. The Morgan fingerprint density at radius 1 is 1.04 bits per heavy atom. The van der Waals surface area contributed by atoms with Crippen LogP contribution in [0.4, 0.5) is 30.7 Å². The van der Waals surface area contributed by atoms with E-state index in [0.717, 1.165) is 0 Å². The van der Waals surface area contributed by atoms with Crippen molar-refractivity contribution >= 4 is 43.5 Å². The molecule has 137 valence electrons. The van der Waals surface area contributed by atoms with Crippen LogP contribution in [0.15, 0.2) is 40.5 Å². The second kappa shape index (κ2) is 6.53. The van der Waals surface area contributed by atoms with Crippen LogP contribution in [-0.4, -0.2) is 23.0 Å². The number of halogens is 10. The summed E-state index contributed by atoms with van der Waals surface area (Å²) in [6.45, 7) is 0. The van der Waals surface area contributed by atoms with Gasteiger partial charge in [-0.05, 0) is 12.1 Å². The Morgan fingerprint density at radius 2 is 1.60 bits per heavy atom. The van der Waals surface area contributed by atoms with E-state index in [4.69, 9.17) is 11.6 Å². The van der Waals surface area contributed by atoms with Gasteiger partial charge in [0, 0.05) is 28.2 Å². The van der Waals surface area contributed by atoms with Crippen LogP contribution in [0.1, 0.15) is 5.56 Å². The van der Waals surface area contributed by atoms with Gasteiger partial charge in [-0.3, -0.25) is 0 Å². The van der Waals surface area contributed by atoms with Crippen molar-refractivity contribution in [2.75, 3.05) is 0 Å². The average molecular weight is 516 g/mol. The van der Waals surface area contributed by atoms with Crippen molar-refractivity contribution in [2.24, 2.45) is 0 Å². The second-order valence-corrected chi connectivity index (χ2v) is 7.62. The van der Waals surface area contributed by atoms with Crippen molar-refractivity contribution in [3.63, 3.8) is 0 Å². The van der Waals surface area contributed by atoms with Gasteiger partial charge >= 0.3 is 18.0 Å². The summed E-state index contributed by atoms with van der Waals surface area (Å²) in [5.74, 6) is 0. The van der Waals surface area contributed by atoms with Crippen LogP contribution in [-0.2, 0) is 4.32 Å². The molecule has 11 heteroatoms. The maximum absolute atomic E-state index is 14.4. The fourth-order valence-corrected chi connectivity index (χ4v) is 4.33. The van der Waals surface area contributed by atoms with Gasteiger partial charge in [0.1, 0.15) is 5.15 Å². The van der Waals surface area contributed by atoms with Crippen LogP contribution in [0.2, 0.25) is 5.15 Å². The SMILES string of the molecule is FC(F)(F)C(F)(C1=CC(Br)(c2cccnc2Cl)[CH]C(Br)=C1)C(F)(F)F. The van der Waals surface area contributed by atoms with E-state index >= 15 is 0 Å². The Kier molecular flexibility index (Phi) is 5.40. The minimum Gasteiger partial charge on any atom is -0.244 e. The number of hydrogen-bond donors (Lipinski definition) is 0. The van der Waals surface area contributed by atoms with Gasteiger partial charge in [-0.1, -0.05) is 55.6 Å². The fourth-order valence-electron chi connectivity index (χ4n) is 2.21. The lowest BCUT2D eigenvalue weighted by atomic mass is 9.83. The third kappa shape index (κ3) is 3.62. The minimum atomic E-state index is -6.22. The molecule has 2 rings (SSSR count). The molecule has 0 aliphatic heterocycles. The molecule has 1 atom stereocenters. The van der Waals surface area contributed by atoms with Crippen LogP contribution < -0.4 is 0 Å². The number of alkyl halides is 8. The van der Waals surface area contributed by atoms with Crippen molar-refractivity contribution in [3.8, 4) is 0 Å². The molecule has 1 aromatic heterocycles. The van der Waals surface area contributed by atoms with Crippen molar-refractivity contribution in [2.45, 2.75) is 22.3 Å². The standard InChI is InChI=1S/C14H6Br2ClF7N/c15-8-4-7(12(18,13(19,20)21)14(22,23)24)5-11(16,6-8)9-2-1-3-25-10(9)17/h1-6H. The summed E-state index contributed by atoms with van der Waals surface area (Å²) in [6, 6.07) is 2.72. The molecular formula is C14H6Br2ClF7N. The highest BCUT2D eigenvalue weighted by atomic mass is 79.9. The third-order valence-electron chi connectivity index (χ3n) is 3.36. The van der Waals surface area contributed by atoms with Crippen LogP contribution >= 0.6 is 43.5 Å². The molecule has 0 aromatic carbocycles. The zero-order valence-corrected chi connectivity index (χ0v) is 15.6. The minimum absolute atomic E-state index is 0.0471. The third-order valence-corrected chi connectivity index (χ3v) is 5.00. The summed E-state index contributed by atoms with van der Waals surface area (Å²) < 4.78 is 90.4. The van der Waals surface area contributed by atoms with E-state index in [1.54, 1.807) is 0 Å². The maximum Gasteiger partial charge on any atom is 0.435 e. The van der Waals surface area contributed by atoms with Gasteiger partial charge in [0.05, 0.1) is 4.32 Å². The predicted octanol–water partition coefficient (Wildman–Crippen LogP) is 6.58. The number of hydrogen-bond acceptors (Lipinski definition) is 1. The predicted molar refractivity (Wildman–Crippen MR) is 85.2 cm³/mol. The summed E-state index contributed by atoms with van der Waals surface area (Å²) in [4.78, 5) is 3.72. The van der Waals surface area contributed by atoms with Crippen LogP contribution in [0, 0.1) is 6.42 Å². The monoisotopic (exact) mass is 514 g/mol. The van der Waals surface area contributed by atoms with E-state index in [1.165, 1.54) is 24.8 Å². The lowest BCUT2D eigenvalue weighted by Crippen LogP contribution is -2.55. The highest BCUT2D eigenvalue weighted by Gasteiger charge is 2.74. The van der Waals surface area contributed by atoms with Gasteiger partial charge in [-0.2, -0.15) is 26.3 Å². The molecule has 1 heterocycles. The van der Waals surface area contributed by atoms with Gasteiger partial charge in [0.2, 0.25) is 0 Å². The number of nitrogens with zero attached hydrogens (tertiary/aromatic N) is 1. The largest absolute Gasteiger partial charge is 0.435 e. The van der Waals surface area contributed by atoms with Crippen LogP contribution in [0.25, 0.3) is 0 Å². The summed E-state index contributed by atoms with van der Waals surface area (Å²) in [5, 5.41) is -0.170. The molecule has 1 aromatic rings. The Balaban J connectivity index is 2.71. The zero-order chi connectivity index (χ0) is 19.3. The van der Waals surface area contributed by atoms with Gasteiger partial charge in [0.15, 0.2) is 0 Å². The number of allylic oxidation sites excluding steroid dienone is 4. The first-order chi connectivity index (χ1) is 11.2. The summed E-state index contributed by atoms with van der Waals surface area (Å²) >= 11 is 11.7. The van der Waals surface area contributed by atoms with E-state index in [9.17, 15) is 30.7 Å². The normalized spacial score (nSPS) is 22.5. The summed E-state index contributed by atoms with van der Waals surface area (Å²) in [6.07, 6.45) is -9.03. The zero-order valence-electron chi connectivity index (χ0n) is 11.7. The Hall–Kier alpha value is -0.610. The molecule has 1 aliphatic carbocycles. The number of pyridine rings is 1. The molecule has 1 unspecified atom stereocenters. The van der Waals surface area contributed by atoms with Crippen molar-refractivity contribution in [3.05, 3.63) is 57.7 Å². The molecule has 0 saturated carbocycles. The van der Waals surface area contributed by atoms with E-state index < -0.39 is 27.9 Å². The maximum atomic E-state index is 14.4. The Bertz CT molecular complexity index is 727. The Labute approximate surface area is 159 Å². The molecule has 1 aliphatic rings. The van der Waals surface area contributed by atoms with Crippen molar-refractivity contribution < 1.29 is 30.7 Å². The molecule has 0 fully saturated rings. The molecule has 0 spiro atoms. The molecule has 25 heavy (non-hydrogen) atoms. The van der Waals surface area contributed by atoms with Gasteiger partial charge in [-0.25, -0.2) is 9.37 Å². The molecular weight excluding hydrogens is 510 g/mol. The summed E-state index contributed by atoms with van der Waals surface area (Å²) in [7, 11) is 0. The first-order valence-electron chi connectivity index (χ1n) is 6.31. The number of rotatable bonds is 2. The second-order valence-electron chi connectivity index (χ2n) is 5.04. The highest BCUT2D eigenvalue weighted by molar-refractivity contribution is 9.12. The smallest absolute Gasteiger partial charge is 0.244 e. The van der Waals surface area contributed by atoms with Gasteiger partial charge < -0.3 is 0 Å². The molecule has 1 radical (unpaired) electrons. The van der Waals surface area contributed by atoms with E-state index in [-0.39, 0.29) is 15.2 Å². The van der Waals surface area contributed by atoms with Crippen molar-refractivity contribution in [1.82, 2.24) is 4.98 Å². The average Bonchev–Trinajstić information content (AvgIpc) is 2.43. The quantitative estimate of drug-likeness (QED) is 0.246. The molecule has 0 saturated heterocycles. The first-order valence-corrected chi connectivity index (χ1v) is 8.27. The van der Waals surface area contributed by atoms with Gasteiger partial charge in [0.25, 0.3) is 0 Å². The molecule has 0 bridgehead atoms. The topological polar surface area (TPSA) is 12.9 Å². The van der Waals surface area contributed by atoms with Crippen molar-refractivity contribution in [1.29, 1.82) is 0 Å². The fraction of sp³-hybridized carbons (Fsp3) is 0.286. The number of aromatic nitrogens is 1. The highest BCUT2D eigenvalue weighted by Crippen LogP contribution is 2.55. The molecule has 1 nitrogen and oxygen atoms in total. The Morgan fingerprint density at radius 3 is 2.08 bits per heavy atom. The summed E-state index contributed by atoms with van der Waals surface area (Å²) in [5.41, 5.74) is -7.13.